The third-order valence-electron chi connectivity index (χ3n) is 13.2. The van der Waals surface area contributed by atoms with Gasteiger partial charge in [-0.05, 0) is 36.2 Å². The Balaban J connectivity index is 1.73. The Morgan fingerprint density at radius 3 is 2.05 bits per heavy atom. The molecule has 4 N–H and O–H groups in total. The SMILES string of the molecule is CC[C@H](C)[C@@H](C(CC(=O)N1CCC[C@H]1[C@H](OC)[C@@H](C)C(=O)N[C@@H](Cc1ccccc1)C(=O)NCCOCCOCCOC)OC)N(C)C(=O)[C@@H](NC(=O)[C@H](C(C)C)N1CCNCC1)C(C)C. The van der Waals surface area contributed by atoms with Crippen LogP contribution in [0, 0.1) is 23.7 Å². The molecule has 0 aliphatic carbocycles. The van der Waals surface area contributed by atoms with Gasteiger partial charge < -0.3 is 54.8 Å². The Morgan fingerprint density at radius 1 is 0.803 bits per heavy atom. The smallest absolute Gasteiger partial charge is 0.245 e. The fraction of sp³-hybridized carbons (Fsp3) is 0.776. The summed E-state index contributed by atoms with van der Waals surface area (Å²) in [6, 6.07) is 6.58. The molecule has 1 aromatic carbocycles. The van der Waals surface area contributed by atoms with Crippen molar-refractivity contribution in [3.05, 3.63) is 35.9 Å². The molecule has 0 spiro atoms. The van der Waals surface area contributed by atoms with E-state index in [0.717, 1.165) is 44.6 Å². The number of nitrogens with zero attached hydrogens (tertiary/aromatic N) is 3. The van der Waals surface area contributed by atoms with Crippen LogP contribution < -0.4 is 21.3 Å². The van der Waals surface area contributed by atoms with E-state index >= 15 is 0 Å². The second-order valence-corrected chi connectivity index (χ2v) is 18.6. The molecular formula is C49H85N7O10. The first-order chi connectivity index (χ1) is 31.6. The first-order valence-corrected chi connectivity index (χ1v) is 24.2. The highest BCUT2D eigenvalue weighted by molar-refractivity contribution is 5.91. The Kier molecular flexibility index (Phi) is 25.7. The van der Waals surface area contributed by atoms with Crippen LogP contribution in [0.3, 0.4) is 0 Å². The molecule has 2 aliphatic rings. The number of likely N-dealkylation sites (N-methyl/N-ethyl adjacent to an activating group) is 1. The molecule has 0 aromatic heterocycles. The number of carbonyl (C=O) groups excluding carboxylic acids is 5. The summed E-state index contributed by atoms with van der Waals surface area (Å²) >= 11 is 0. The monoisotopic (exact) mass is 932 g/mol. The number of ether oxygens (including phenoxy) is 5. The quantitative estimate of drug-likeness (QED) is 0.0828. The van der Waals surface area contributed by atoms with E-state index in [1.54, 1.807) is 45.1 Å². The molecule has 66 heavy (non-hydrogen) atoms. The zero-order valence-electron chi connectivity index (χ0n) is 42.0. The number of hydrogen-bond donors (Lipinski definition) is 4. The summed E-state index contributed by atoms with van der Waals surface area (Å²) in [5.74, 6) is -2.17. The van der Waals surface area contributed by atoms with E-state index in [1.807, 2.05) is 65.0 Å². The lowest BCUT2D eigenvalue weighted by atomic mass is 9.89. The van der Waals surface area contributed by atoms with Gasteiger partial charge in [-0.3, -0.25) is 28.9 Å². The van der Waals surface area contributed by atoms with Gasteiger partial charge in [-0.15, -0.1) is 0 Å². The highest BCUT2D eigenvalue weighted by Crippen LogP contribution is 2.30. The van der Waals surface area contributed by atoms with Crippen molar-refractivity contribution in [2.75, 3.05) is 101 Å². The number of piperazine rings is 1. The minimum absolute atomic E-state index is 0.00234. The van der Waals surface area contributed by atoms with E-state index in [-0.39, 0.29) is 79.3 Å². The maximum atomic E-state index is 14.5. The molecule has 5 amide bonds. The molecule has 17 heteroatoms. The number of benzene rings is 1. The van der Waals surface area contributed by atoms with E-state index in [4.69, 9.17) is 23.7 Å². The van der Waals surface area contributed by atoms with E-state index in [0.29, 0.717) is 39.4 Å². The van der Waals surface area contributed by atoms with Crippen LogP contribution in [0.5, 0.6) is 0 Å². The van der Waals surface area contributed by atoms with Crippen molar-refractivity contribution in [1.29, 1.82) is 0 Å². The average Bonchev–Trinajstić information content (AvgIpc) is 3.79. The third-order valence-corrected chi connectivity index (χ3v) is 13.2. The number of hydrogen-bond acceptors (Lipinski definition) is 12. The number of likely N-dealkylation sites (tertiary alicyclic amines) is 1. The van der Waals surface area contributed by atoms with Gasteiger partial charge in [0.25, 0.3) is 0 Å². The summed E-state index contributed by atoms with van der Waals surface area (Å²) in [5.41, 5.74) is 0.886. The van der Waals surface area contributed by atoms with Gasteiger partial charge in [0.05, 0.1) is 75.7 Å². The summed E-state index contributed by atoms with van der Waals surface area (Å²) in [6.07, 6.45) is 1.01. The van der Waals surface area contributed by atoms with Gasteiger partial charge >= 0.3 is 0 Å². The maximum absolute atomic E-state index is 14.5. The molecule has 0 saturated carbocycles. The van der Waals surface area contributed by atoms with Crippen LogP contribution in [0.2, 0.25) is 0 Å². The summed E-state index contributed by atoms with van der Waals surface area (Å²) in [6.45, 7) is 19.7. The molecule has 2 fully saturated rings. The van der Waals surface area contributed by atoms with Crippen LogP contribution >= 0.6 is 0 Å². The molecule has 9 atom stereocenters. The Hall–Kier alpha value is -3.71. The molecule has 2 heterocycles. The molecule has 0 bridgehead atoms. The van der Waals surface area contributed by atoms with Crippen LogP contribution in [0.25, 0.3) is 0 Å². The predicted octanol–water partition coefficient (Wildman–Crippen LogP) is 2.50. The number of carbonyl (C=O) groups is 5. The minimum atomic E-state index is -0.870. The van der Waals surface area contributed by atoms with Crippen molar-refractivity contribution in [3.8, 4) is 0 Å². The molecule has 2 aliphatic heterocycles. The predicted molar refractivity (Wildman–Crippen MR) is 255 cm³/mol. The van der Waals surface area contributed by atoms with Crippen LogP contribution in [0.4, 0.5) is 0 Å². The van der Waals surface area contributed by atoms with Crippen LogP contribution in [-0.2, 0) is 54.1 Å². The third kappa shape index (κ3) is 17.1. The molecule has 0 radical (unpaired) electrons. The van der Waals surface area contributed by atoms with Crippen molar-refractivity contribution in [2.24, 2.45) is 23.7 Å². The Bertz CT molecular complexity index is 1600. The topological polar surface area (TPSA) is 189 Å². The molecular weight excluding hydrogens is 847 g/mol. The second-order valence-electron chi connectivity index (χ2n) is 18.6. The Labute approximate surface area is 395 Å². The molecule has 1 unspecified atom stereocenters. The van der Waals surface area contributed by atoms with E-state index < -0.39 is 42.3 Å². The van der Waals surface area contributed by atoms with Gasteiger partial charge in [-0.2, -0.15) is 0 Å². The van der Waals surface area contributed by atoms with E-state index in [1.165, 1.54) is 0 Å². The second kappa shape index (κ2) is 29.9. The fourth-order valence-electron chi connectivity index (χ4n) is 9.32. The highest BCUT2D eigenvalue weighted by atomic mass is 16.5. The molecule has 376 valence electrons. The summed E-state index contributed by atoms with van der Waals surface area (Å²) in [5, 5.41) is 12.4. The van der Waals surface area contributed by atoms with Crippen LogP contribution in [0.15, 0.2) is 30.3 Å². The largest absolute Gasteiger partial charge is 0.382 e. The fourth-order valence-corrected chi connectivity index (χ4v) is 9.32. The van der Waals surface area contributed by atoms with Crippen molar-refractivity contribution in [3.63, 3.8) is 0 Å². The molecule has 1 aromatic rings. The lowest BCUT2D eigenvalue weighted by Crippen LogP contribution is -2.61. The standard InChI is InChI=1S/C49H85N7O10/c1-12-35(6)44(54(8)49(61)42(33(2)3)53-48(60)43(34(4)5)55-24-20-50-21-25-55)40(63-10)32-41(57)56-23-16-19-39(56)45(64-11)36(7)46(58)52-38(31-37-17-14-13-15-18-37)47(59)51-22-26-65-29-30-66-28-27-62-9/h13-15,17-18,33-36,38-40,42-45,50H,12,16,19-32H2,1-11H3,(H,51,59)(H,52,58)(H,53,60)/t35-,36+,38-,39-,40?,42-,43-,44-,45+/m0/s1. The number of nitrogens with one attached hydrogen (secondary N) is 4. The zero-order chi connectivity index (χ0) is 48.8. The van der Waals surface area contributed by atoms with Gasteiger partial charge in [0.1, 0.15) is 12.1 Å². The lowest BCUT2D eigenvalue weighted by Gasteiger charge is -2.41. The van der Waals surface area contributed by atoms with E-state index in [2.05, 4.69) is 33.1 Å². The maximum Gasteiger partial charge on any atom is 0.245 e. The molecule has 2 saturated heterocycles. The molecule has 17 nitrogen and oxygen atoms in total. The normalized spacial score (nSPS) is 19.3. The van der Waals surface area contributed by atoms with Crippen molar-refractivity contribution in [2.45, 2.75) is 123 Å². The molecule has 3 rings (SSSR count). The number of methoxy groups -OCH3 is 3. The zero-order valence-corrected chi connectivity index (χ0v) is 42.0. The van der Waals surface area contributed by atoms with Crippen LogP contribution in [-0.4, -0.2) is 187 Å². The van der Waals surface area contributed by atoms with Crippen molar-refractivity contribution in [1.82, 2.24) is 36.0 Å². The van der Waals surface area contributed by atoms with Gasteiger partial charge in [0, 0.05) is 74.1 Å². The van der Waals surface area contributed by atoms with Gasteiger partial charge in [0.15, 0.2) is 0 Å². The van der Waals surface area contributed by atoms with Crippen molar-refractivity contribution >= 4 is 29.5 Å². The summed E-state index contributed by atoms with van der Waals surface area (Å²) < 4.78 is 28.1. The first kappa shape index (κ1) is 56.6. The summed E-state index contributed by atoms with van der Waals surface area (Å²) in [7, 11) is 6.46. The van der Waals surface area contributed by atoms with E-state index in [9.17, 15) is 24.0 Å². The highest BCUT2D eigenvalue weighted by Gasteiger charge is 2.44. The van der Waals surface area contributed by atoms with Gasteiger partial charge in [0.2, 0.25) is 29.5 Å². The minimum Gasteiger partial charge on any atom is -0.382 e. The van der Waals surface area contributed by atoms with Crippen LogP contribution in [0.1, 0.15) is 79.7 Å². The first-order valence-electron chi connectivity index (χ1n) is 24.2. The van der Waals surface area contributed by atoms with Crippen molar-refractivity contribution < 1.29 is 47.7 Å². The van der Waals surface area contributed by atoms with Gasteiger partial charge in [-0.1, -0.05) is 85.2 Å². The lowest BCUT2D eigenvalue weighted by molar-refractivity contribution is -0.148. The van der Waals surface area contributed by atoms with Gasteiger partial charge in [-0.25, -0.2) is 0 Å². The Morgan fingerprint density at radius 2 is 1.45 bits per heavy atom. The summed E-state index contributed by atoms with van der Waals surface area (Å²) in [4.78, 5) is 76.2. The number of rotatable bonds is 30. The number of amides is 5. The average molecular weight is 932 g/mol.